The van der Waals surface area contributed by atoms with E-state index in [1.807, 2.05) is 32.0 Å². The normalized spacial score (nSPS) is 13.0. The Morgan fingerprint density at radius 3 is 2.85 bits per heavy atom. The van der Waals surface area contributed by atoms with E-state index in [1.165, 1.54) is 0 Å². The van der Waals surface area contributed by atoms with Crippen LogP contribution in [0.1, 0.15) is 19.4 Å². The predicted octanol–water partition coefficient (Wildman–Crippen LogP) is 1.06. The van der Waals surface area contributed by atoms with Crippen molar-refractivity contribution in [1.29, 1.82) is 0 Å². The van der Waals surface area contributed by atoms with Gasteiger partial charge in [-0.05, 0) is 12.0 Å². The second-order valence-corrected chi connectivity index (χ2v) is 4.78. The molecule has 0 bridgehead atoms. The first-order valence-corrected chi connectivity index (χ1v) is 6.38. The highest BCUT2D eigenvalue weighted by molar-refractivity contribution is 5.96. The third-order valence-corrected chi connectivity index (χ3v) is 2.93. The molecule has 0 fully saturated rings. The zero-order chi connectivity index (χ0) is 14.5. The molecule has 3 N–H and O–H groups in total. The summed E-state index contributed by atoms with van der Waals surface area (Å²) in [7, 11) is 0. The van der Waals surface area contributed by atoms with E-state index in [-0.39, 0.29) is 11.8 Å². The summed E-state index contributed by atoms with van der Waals surface area (Å²) in [5.74, 6) is -0.240. The molecule has 104 valence electrons. The molecule has 0 aliphatic carbocycles. The van der Waals surface area contributed by atoms with Crippen molar-refractivity contribution in [1.82, 2.24) is 15.4 Å². The largest absolute Gasteiger partial charge is 0.320 e. The number of hydrazone groups is 1. The Morgan fingerprint density at radius 1 is 1.35 bits per heavy atom. The number of carbonyl (C=O) groups excluding carboxylic acids is 1. The maximum atomic E-state index is 11.7. The smallest absolute Gasteiger partial charge is 0.257 e. The number of fused-ring (bicyclic) bond motifs is 1. The van der Waals surface area contributed by atoms with E-state index in [1.54, 1.807) is 18.6 Å². The van der Waals surface area contributed by atoms with Gasteiger partial charge in [0.05, 0.1) is 23.3 Å². The molecule has 0 aliphatic rings. The predicted molar refractivity (Wildman–Crippen MR) is 78.1 cm³/mol. The number of amides is 1. The first-order valence-electron chi connectivity index (χ1n) is 6.38. The van der Waals surface area contributed by atoms with Crippen molar-refractivity contribution in [3.8, 4) is 0 Å². The standard InChI is InChI=1S/C14H17N5O/c1-9(2)12(15)14(20)19-18-8-10-4-3-5-11-13(10)17-7-6-16-11/h3-9,12H,15H2,1-2H3,(H,19,20)/t12-/m1/s1. The van der Waals surface area contributed by atoms with Gasteiger partial charge in [0.1, 0.15) is 0 Å². The minimum Gasteiger partial charge on any atom is -0.320 e. The minimum absolute atomic E-state index is 0.0635. The molecule has 6 nitrogen and oxygen atoms in total. The molecule has 0 spiro atoms. The number of carbonyl (C=O) groups is 1. The van der Waals surface area contributed by atoms with Gasteiger partial charge in [0.15, 0.2) is 0 Å². The van der Waals surface area contributed by atoms with Crippen LogP contribution in [0.2, 0.25) is 0 Å². The molecule has 0 unspecified atom stereocenters. The third kappa shape index (κ3) is 3.16. The van der Waals surface area contributed by atoms with Gasteiger partial charge in [-0.3, -0.25) is 14.8 Å². The summed E-state index contributed by atoms with van der Waals surface area (Å²) in [6.45, 7) is 3.77. The van der Waals surface area contributed by atoms with Crippen molar-refractivity contribution in [3.63, 3.8) is 0 Å². The fraction of sp³-hybridized carbons (Fsp3) is 0.286. The number of benzene rings is 1. The molecule has 2 aromatic rings. The lowest BCUT2D eigenvalue weighted by Crippen LogP contribution is -2.42. The highest BCUT2D eigenvalue weighted by atomic mass is 16.2. The average Bonchev–Trinajstić information content (AvgIpc) is 2.46. The lowest BCUT2D eigenvalue weighted by Gasteiger charge is -2.12. The van der Waals surface area contributed by atoms with E-state index in [0.29, 0.717) is 0 Å². The summed E-state index contributed by atoms with van der Waals surface area (Å²) >= 11 is 0. The Hall–Kier alpha value is -2.34. The lowest BCUT2D eigenvalue weighted by molar-refractivity contribution is -0.123. The minimum atomic E-state index is -0.570. The highest BCUT2D eigenvalue weighted by Crippen LogP contribution is 2.11. The van der Waals surface area contributed by atoms with E-state index in [0.717, 1.165) is 16.6 Å². The third-order valence-electron chi connectivity index (χ3n) is 2.93. The number of hydrogen-bond donors (Lipinski definition) is 2. The SMILES string of the molecule is CC(C)[C@@H](N)C(=O)NN=Cc1cccc2nccnc12. The van der Waals surface area contributed by atoms with E-state index in [9.17, 15) is 4.79 Å². The second kappa shape index (κ2) is 6.21. The first kappa shape index (κ1) is 14.1. The van der Waals surface area contributed by atoms with Gasteiger partial charge in [-0.2, -0.15) is 5.10 Å². The zero-order valence-electron chi connectivity index (χ0n) is 11.4. The number of nitrogens with zero attached hydrogens (tertiary/aromatic N) is 3. The van der Waals surface area contributed by atoms with Crippen LogP contribution in [0, 0.1) is 5.92 Å². The van der Waals surface area contributed by atoms with Crippen molar-refractivity contribution in [3.05, 3.63) is 36.2 Å². The van der Waals surface area contributed by atoms with Gasteiger partial charge in [0.2, 0.25) is 0 Å². The average molecular weight is 271 g/mol. The van der Waals surface area contributed by atoms with Crippen LogP contribution in [-0.4, -0.2) is 28.1 Å². The van der Waals surface area contributed by atoms with Crippen molar-refractivity contribution < 1.29 is 4.79 Å². The van der Waals surface area contributed by atoms with E-state index >= 15 is 0 Å². The Morgan fingerprint density at radius 2 is 2.10 bits per heavy atom. The van der Waals surface area contributed by atoms with Gasteiger partial charge < -0.3 is 5.73 Å². The summed E-state index contributed by atoms with van der Waals surface area (Å²) in [6.07, 6.45) is 4.79. The molecule has 1 atom stereocenters. The number of rotatable bonds is 4. The summed E-state index contributed by atoms with van der Waals surface area (Å²) < 4.78 is 0. The Kier molecular flexibility index (Phi) is 4.37. The van der Waals surface area contributed by atoms with Crippen molar-refractivity contribution in [2.24, 2.45) is 16.8 Å². The molecule has 1 aromatic carbocycles. The highest BCUT2D eigenvalue weighted by Gasteiger charge is 2.16. The fourth-order valence-electron chi connectivity index (χ4n) is 1.66. The van der Waals surface area contributed by atoms with Gasteiger partial charge in [0, 0.05) is 18.0 Å². The fourth-order valence-corrected chi connectivity index (χ4v) is 1.66. The second-order valence-electron chi connectivity index (χ2n) is 4.78. The summed E-state index contributed by atoms with van der Waals surface area (Å²) in [5, 5.41) is 3.92. The lowest BCUT2D eigenvalue weighted by atomic mass is 10.1. The van der Waals surface area contributed by atoms with Crippen molar-refractivity contribution in [2.45, 2.75) is 19.9 Å². The summed E-state index contributed by atoms with van der Waals surface area (Å²) in [5.41, 5.74) is 10.5. The molecule has 0 aliphatic heterocycles. The summed E-state index contributed by atoms with van der Waals surface area (Å²) in [4.78, 5) is 20.1. The number of nitrogens with one attached hydrogen (secondary N) is 1. The molecule has 0 radical (unpaired) electrons. The van der Waals surface area contributed by atoms with Crippen LogP contribution >= 0.6 is 0 Å². The maximum Gasteiger partial charge on any atom is 0.257 e. The molecule has 2 rings (SSSR count). The van der Waals surface area contributed by atoms with Gasteiger partial charge >= 0.3 is 0 Å². The van der Waals surface area contributed by atoms with Gasteiger partial charge in [-0.25, -0.2) is 5.43 Å². The van der Waals surface area contributed by atoms with Crippen molar-refractivity contribution >= 4 is 23.2 Å². The number of para-hydroxylation sites is 1. The Balaban J connectivity index is 2.13. The molecular formula is C14H17N5O. The molecule has 0 saturated carbocycles. The molecule has 0 saturated heterocycles. The van der Waals surface area contributed by atoms with Crippen LogP contribution in [0.15, 0.2) is 35.7 Å². The van der Waals surface area contributed by atoms with Crippen LogP contribution in [0.3, 0.4) is 0 Å². The zero-order valence-corrected chi connectivity index (χ0v) is 11.4. The maximum absolute atomic E-state index is 11.7. The van der Waals surface area contributed by atoms with Crippen LogP contribution in [0.5, 0.6) is 0 Å². The molecule has 1 heterocycles. The number of hydrogen-bond acceptors (Lipinski definition) is 5. The molecule has 20 heavy (non-hydrogen) atoms. The Bertz CT molecular complexity index is 633. The Labute approximate surface area is 117 Å². The summed E-state index contributed by atoms with van der Waals surface area (Å²) in [6, 6.07) is 5.02. The number of aromatic nitrogens is 2. The molecule has 6 heteroatoms. The molecule has 1 aromatic heterocycles. The van der Waals surface area contributed by atoms with Crippen LogP contribution in [0.25, 0.3) is 11.0 Å². The topological polar surface area (TPSA) is 93.3 Å². The molecular weight excluding hydrogens is 254 g/mol. The molecule has 1 amide bonds. The number of nitrogens with two attached hydrogens (primary N) is 1. The van der Waals surface area contributed by atoms with E-state index in [2.05, 4.69) is 20.5 Å². The van der Waals surface area contributed by atoms with E-state index < -0.39 is 6.04 Å². The first-order chi connectivity index (χ1) is 9.59. The van der Waals surface area contributed by atoms with Gasteiger partial charge in [-0.1, -0.05) is 26.0 Å². The van der Waals surface area contributed by atoms with Crippen LogP contribution in [0.4, 0.5) is 0 Å². The van der Waals surface area contributed by atoms with Gasteiger partial charge in [0.25, 0.3) is 5.91 Å². The monoisotopic (exact) mass is 271 g/mol. The van der Waals surface area contributed by atoms with E-state index in [4.69, 9.17) is 5.73 Å². The van der Waals surface area contributed by atoms with Gasteiger partial charge in [-0.15, -0.1) is 0 Å². The quantitative estimate of drug-likeness (QED) is 0.642. The van der Waals surface area contributed by atoms with Crippen LogP contribution < -0.4 is 11.2 Å². The van der Waals surface area contributed by atoms with Crippen LogP contribution in [-0.2, 0) is 4.79 Å². The van der Waals surface area contributed by atoms with Crippen molar-refractivity contribution in [2.75, 3.05) is 0 Å².